The summed E-state index contributed by atoms with van der Waals surface area (Å²) in [4.78, 5) is 26.5. The molecular formula is C30H32FN3O5S. The van der Waals surface area contributed by atoms with Crippen LogP contribution in [0, 0.1) is 5.82 Å². The van der Waals surface area contributed by atoms with Gasteiger partial charge in [0.2, 0.25) is 0 Å². The SMILES string of the molecule is CCN(CC)CCS(=O)(=O)c1ccc(N/C(=C2\C(=O)Nc3cc(F)ccc32)c2cccc(CCC(=O)O)c2)cc1. The fraction of sp³-hybridized carbons (Fsp3) is 0.267. The Balaban J connectivity index is 1.71. The highest BCUT2D eigenvalue weighted by Crippen LogP contribution is 2.38. The average Bonchev–Trinajstić information content (AvgIpc) is 3.25. The number of aryl methyl sites for hydroxylation is 1. The number of amides is 1. The molecule has 0 spiro atoms. The predicted octanol–water partition coefficient (Wildman–Crippen LogP) is 4.89. The Morgan fingerprint density at radius 1 is 1.02 bits per heavy atom. The molecule has 0 saturated carbocycles. The number of sulfone groups is 1. The highest BCUT2D eigenvalue weighted by Gasteiger charge is 2.29. The van der Waals surface area contributed by atoms with Crippen LogP contribution in [0.3, 0.4) is 0 Å². The Hall–Kier alpha value is -4.02. The Morgan fingerprint density at radius 3 is 2.42 bits per heavy atom. The molecule has 8 nitrogen and oxygen atoms in total. The highest BCUT2D eigenvalue weighted by molar-refractivity contribution is 7.91. The van der Waals surface area contributed by atoms with Crippen LogP contribution >= 0.6 is 0 Å². The van der Waals surface area contributed by atoms with Crippen LogP contribution in [-0.4, -0.2) is 55.7 Å². The van der Waals surface area contributed by atoms with Crippen molar-refractivity contribution in [2.45, 2.75) is 31.6 Å². The van der Waals surface area contributed by atoms with Crippen molar-refractivity contribution in [3.05, 3.63) is 89.2 Å². The summed E-state index contributed by atoms with van der Waals surface area (Å²) in [6.45, 7) is 5.97. The molecule has 1 heterocycles. The predicted molar refractivity (Wildman–Crippen MR) is 154 cm³/mol. The maximum Gasteiger partial charge on any atom is 0.303 e. The van der Waals surface area contributed by atoms with Gasteiger partial charge >= 0.3 is 5.97 Å². The summed E-state index contributed by atoms with van der Waals surface area (Å²) in [6, 6.07) is 17.6. The number of nitrogens with one attached hydrogen (secondary N) is 2. The lowest BCUT2D eigenvalue weighted by Gasteiger charge is -2.18. The molecule has 0 saturated heterocycles. The third-order valence-electron chi connectivity index (χ3n) is 6.87. The number of rotatable bonds is 12. The molecule has 1 aliphatic rings. The normalized spacial score (nSPS) is 14.2. The molecule has 1 aliphatic heterocycles. The molecule has 0 fully saturated rings. The van der Waals surface area contributed by atoms with E-state index in [-0.39, 0.29) is 17.1 Å². The molecule has 10 heteroatoms. The van der Waals surface area contributed by atoms with Crippen LogP contribution in [0.1, 0.15) is 37.0 Å². The molecule has 0 radical (unpaired) electrons. The Morgan fingerprint density at radius 2 is 1.75 bits per heavy atom. The summed E-state index contributed by atoms with van der Waals surface area (Å²) >= 11 is 0. The molecule has 3 aromatic carbocycles. The van der Waals surface area contributed by atoms with Crippen molar-refractivity contribution in [2.75, 3.05) is 36.0 Å². The van der Waals surface area contributed by atoms with Gasteiger partial charge in [-0.1, -0.05) is 32.0 Å². The molecule has 3 N–H and O–H groups in total. The van der Waals surface area contributed by atoms with Gasteiger partial charge in [-0.2, -0.15) is 0 Å². The number of carboxylic acids is 1. The molecule has 40 heavy (non-hydrogen) atoms. The van der Waals surface area contributed by atoms with E-state index in [9.17, 15) is 22.4 Å². The first-order valence-electron chi connectivity index (χ1n) is 13.1. The van der Waals surface area contributed by atoms with Gasteiger partial charge < -0.3 is 20.6 Å². The smallest absolute Gasteiger partial charge is 0.303 e. The van der Waals surface area contributed by atoms with Gasteiger partial charge in [-0.25, -0.2) is 12.8 Å². The molecule has 0 aliphatic carbocycles. The zero-order valence-electron chi connectivity index (χ0n) is 22.4. The van der Waals surface area contributed by atoms with Crippen LogP contribution < -0.4 is 10.6 Å². The second-order valence-corrected chi connectivity index (χ2v) is 11.6. The quantitative estimate of drug-likeness (QED) is 0.268. The molecule has 4 rings (SSSR count). The lowest BCUT2D eigenvalue weighted by molar-refractivity contribution is -0.137. The minimum atomic E-state index is -3.49. The van der Waals surface area contributed by atoms with E-state index in [0.717, 1.165) is 18.7 Å². The van der Waals surface area contributed by atoms with Crippen LogP contribution in [0.2, 0.25) is 0 Å². The first-order valence-corrected chi connectivity index (χ1v) is 14.8. The number of anilines is 2. The lowest BCUT2D eigenvalue weighted by Crippen LogP contribution is -2.29. The number of aliphatic carboxylic acids is 1. The van der Waals surface area contributed by atoms with E-state index in [0.29, 0.717) is 46.7 Å². The molecule has 0 atom stereocenters. The number of fused-ring (bicyclic) bond motifs is 1. The van der Waals surface area contributed by atoms with E-state index in [1.807, 2.05) is 24.8 Å². The minimum Gasteiger partial charge on any atom is -0.481 e. The van der Waals surface area contributed by atoms with Crippen LogP contribution in [0.15, 0.2) is 71.6 Å². The number of hydrogen-bond acceptors (Lipinski definition) is 6. The molecule has 210 valence electrons. The van der Waals surface area contributed by atoms with Crippen molar-refractivity contribution in [1.82, 2.24) is 4.90 Å². The summed E-state index contributed by atoms with van der Waals surface area (Å²) in [6.07, 6.45) is 0.259. The summed E-state index contributed by atoms with van der Waals surface area (Å²) in [5.41, 5.74) is 3.52. The Bertz CT molecular complexity index is 1550. The molecule has 0 aromatic heterocycles. The number of carbonyl (C=O) groups is 2. The summed E-state index contributed by atoms with van der Waals surface area (Å²) in [5.74, 6) is -1.81. The topological polar surface area (TPSA) is 116 Å². The summed E-state index contributed by atoms with van der Waals surface area (Å²) < 4.78 is 39.7. The van der Waals surface area contributed by atoms with Crippen LogP contribution in [0.25, 0.3) is 11.3 Å². The highest BCUT2D eigenvalue weighted by atomic mass is 32.2. The van der Waals surface area contributed by atoms with E-state index in [4.69, 9.17) is 5.11 Å². The molecule has 3 aromatic rings. The standard InChI is InChI=1S/C30H32FN3O5S/c1-3-34(4-2)16-17-40(38,39)24-12-10-23(11-13-24)32-29(21-7-5-6-20(18-21)8-15-27(35)36)28-25-14-9-22(31)19-26(25)33-30(28)37/h5-7,9-14,18-19,32H,3-4,8,15-17H2,1-2H3,(H,33,37)(H,35,36)/b29-28-. The van der Waals surface area contributed by atoms with Gasteiger partial charge in [-0.15, -0.1) is 0 Å². The second-order valence-electron chi connectivity index (χ2n) is 9.48. The number of benzene rings is 3. The van der Waals surface area contributed by atoms with Gasteiger partial charge in [0.25, 0.3) is 5.91 Å². The van der Waals surface area contributed by atoms with Crippen molar-refractivity contribution in [2.24, 2.45) is 0 Å². The van der Waals surface area contributed by atoms with Gasteiger partial charge in [-0.05, 0) is 79.2 Å². The number of nitrogens with zero attached hydrogens (tertiary/aromatic N) is 1. The van der Waals surface area contributed by atoms with E-state index in [2.05, 4.69) is 10.6 Å². The number of hydrogen-bond donors (Lipinski definition) is 3. The van der Waals surface area contributed by atoms with Crippen molar-refractivity contribution in [3.63, 3.8) is 0 Å². The van der Waals surface area contributed by atoms with E-state index in [1.54, 1.807) is 30.3 Å². The van der Waals surface area contributed by atoms with Crippen LogP contribution in [-0.2, 0) is 25.8 Å². The van der Waals surface area contributed by atoms with Gasteiger partial charge in [0, 0.05) is 24.2 Å². The van der Waals surface area contributed by atoms with Gasteiger partial charge in [-0.3, -0.25) is 9.59 Å². The van der Waals surface area contributed by atoms with Gasteiger partial charge in [0.1, 0.15) is 5.82 Å². The number of halogens is 1. The van der Waals surface area contributed by atoms with Gasteiger partial charge in [0.15, 0.2) is 9.84 Å². The zero-order valence-corrected chi connectivity index (χ0v) is 23.2. The maximum absolute atomic E-state index is 13.9. The monoisotopic (exact) mass is 565 g/mol. The lowest BCUT2D eigenvalue weighted by atomic mass is 9.97. The van der Waals surface area contributed by atoms with Crippen molar-refractivity contribution < 1.29 is 27.5 Å². The second kappa shape index (κ2) is 12.4. The molecule has 1 amide bonds. The van der Waals surface area contributed by atoms with E-state index in [1.165, 1.54) is 30.3 Å². The Labute approximate surface area is 233 Å². The van der Waals surface area contributed by atoms with E-state index >= 15 is 0 Å². The Kier molecular flexibility index (Phi) is 9.01. The first kappa shape index (κ1) is 29.0. The third-order valence-corrected chi connectivity index (χ3v) is 8.58. The molecule has 0 bridgehead atoms. The summed E-state index contributed by atoms with van der Waals surface area (Å²) in [5, 5.41) is 15.1. The summed E-state index contributed by atoms with van der Waals surface area (Å²) in [7, 11) is -3.49. The van der Waals surface area contributed by atoms with E-state index < -0.39 is 27.5 Å². The minimum absolute atomic E-state index is 0.00735. The zero-order chi connectivity index (χ0) is 28.9. The largest absolute Gasteiger partial charge is 0.481 e. The first-order chi connectivity index (χ1) is 19.1. The molecule has 0 unspecified atom stereocenters. The van der Waals surface area contributed by atoms with Crippen molar-refractivity contribution in [1.29, 1.82) is 0 Å². The maximum atomic E-state index is 13.9. The number of carbonyl (C=O) groups excluding carboxylic acids is 1. The average molecular weight is 566 g/mol. The van der Waals surface area contributed by atoms with Crippen LogP contribution in [0.4, 0.5) is 15.8 Å². The van der Waals surface area contributed by atoms with Crippen LogP contribution in [0.5, 0.6) is 0 Å². The van der Waals surface area contributed by atoms with Crippen molar-refractivity contribution in [3.8, 4) is 0 Å². The third kappa shape index (κ3) is 6.75. The molecular weight excluding hydrogens is 533 g/mol. The fourth-order valence-corrected chi connectivity index (χ4v) is 5.89. The van der Waals surface area contributed by atoms with Gasteiger partial charge in [0.05, 0.1) is 27.6 Å². The number of carboxylic acid groups (broad SMARTS) is 1. The fourth-order valence-electron chi connectivity index (χ4n) is 4.60. The van der Waals surface area contributed by atoms with Crippen molar-refractivity contribution >= 4 is 44.4 Å².